The van der Waals surface area contributed by atoms with E-state index in [-0.39, 0.29) is 18.3 Å². The van der Waals surface area contributed by atoms with E-state index < -0.39 is 5.97 Å². The first kappa shape index (κ1) is 16.7. The van der Waals surface area contributed by atoms with E-state index in [0.29, 0.717) is 24.2 Å². The molecule has 0 saturated heterocycles. The molecule has 1 heterocycles. The van der Waals surface area contributed by atoms with Gasteiger partial charge in [-0.15, -0.1) is 0 Å². The van der Waals surface area contributed by atoms with Crippen molar-refractivity contribution in [1.82, 2.24) is 15.1 Å². The Morgan fingerprint density at radius 1 is 1.30 bits per heavy atom. The topological polar surface area (TPSA) is 73.2 Å². The third kappa shape index (κ3) is 4.64. The smallest absolute Gasteiger partial charge is 0.342 e. The molecule has 0 fully saturated rings. The van der Waals surface area contributed by atoms with Crippen LogP contribution < -0.4 is 5.32 Å². The number of nitrogens with one attached hydrogen (secondary N) is 1. The number of nitrogens with zero attached hydrogens (tertiary/aromatic N) is 2. The Hall–Kier alpha value is -2.70. The number of ether oxygens (including phenoxy) is 1. The molecule has 7 heteroatoms. The minimum absolute atomic E-state index is 0.296. The number of rotatable bonds is 6. The predicted molar refractivity (Wildman–Crippen MR) is 81.3 cm³/mol. The van der Waals surface area contributed by atoms with Gasteiger partial charge in [-0.3, -0.25) is 9.48 Å². The van der Waals surface area contributed by atoms with Crippen LogP contribution in [0.2, 0.25) is 0 Å². The fraction of sp³-hybridized carbons (Fsp3) is 0.312. The number of hydrogen-bond donors (Lipinski definition) is 1. The molecule has 0 unspecified atom stereocenters. The summed E-state index contributed by atoms with van der Waals surface area (Å²) in [6.07, 6.45) is 1.98. The van der Waals surface area contributed by atoms with E-state index in [1.165, 1.54) is 18.3 Å². The summed E-state index contributed by atoms with van der Waals surface area (Å²) in [5, 5.41) is 6.58. The van der Waals surface area contributed by atoms with Crippen molar-refractivity contribution in [1.29, 1.82) is 0 Å². The van der Waals surface area contributed by atoms with Crippen LogP contribution in [0, 0.1) is 12.7 Å². The standard InChI is InChI=1S/C16H18FN3O3/c1-11-14(9-19-20(11)2)16(22)23-10-15(21)18-8-7-12-3-5-13(17)6-4-12/h3-6,9H,7-8,10H2,1-2H3,(H,18,21). The molecule has 6 nitrogen and oxygen atoms in total. The summed E-state index contributed by atoms with van der Waals surface area (Å²) in [7, 11) is 1.72. The molecular weight excluding hydrogens is 301 g/mol. The van der Waals surface area contributed by atoms with Crippen molar-refractivity contribution in [2.45, 2.75) is 13.3 Å². The van der Waals surface area contributed by atoms with E-state index in [1.54, 1.807) is 30.8 Å². The zero-order valence-corrected chi connectivity index (χ0v) is 13.0. The van der Waals surface area contributed by atoms with Gasteiger partial charge in [0.2, 0.25) is 0 Å². The normalized spacial score (nSPS) is 10.4. The average molecular weight is 319 g/mol. The number of carbonyl (C=O) groups excluding carboxylic acids is 2. The van der Waals surface area contributed by atoms with Crippen LogP contribution >= 0.6 is 0 Å². The molecule has 2 rings (SSSR count). The Morgan fingerprint density at radius 3 is 2.61 bits per heavy atom. The van der Waals surface area contributed by atoms with Gasteiger partial charge in [-0.05, 0) is 31.0 Å². The summed E-state index contributed by atoms with van der Waals surface area (Å²) in [4.78, 5) is 23.5. The van der Waals surface area contributed by atoms with E-state index in [0.717, 1.165) is 5.56 Å². The Balaban J connectivity index is 1.71. The lowest BCUT2D eigenvalue weighted by atomic mass is 10.1. The van der Waals surface area contributed by atoms with Crippen molar-refractivity contribution in [2.24, 2.45) is 7.05 Å². The maximum Gasteiger partial charge on any atom is 0.342 e. The van der Waals surface area contributed by atoms with E-state index in [2.05, 4.69) is 10.4 Å². The molecule has 1 amide bonds. The van der Waals surface area contributed by atoms with Gasteiger partial charge in [-0.2, -0.15) is 5.10 Å². The molecule has 0 saturated carbocycles. The Bertz CT molecular complexity index is 695. The van der Waals surface area contributed by atoms with Gasteiger partial charge < -0.3 is 10.1 Å². The zero-order valence-electron chi connectivity index (χ0n) is 13.0. The molecule has 122 valence electrons. The quantitative estimate of drug-likeness (QED) is 0.817. The first-order valence-electron chi connectivity index (χ1n) is 7.14. The molecule has 1 aromatic carbocycles. The summed E-state index contributed by atoms with van der Waals surface area (Å²) in [5.74, 6) is -1.26. The van der Waals surface area contributed by atoms with Gasteiger partial charge in [0.05, 0.1) is 6.20 Å². The molecule has 0 aliphatic rings. The fourth-order valence-electron chi connectivity index (χ4n) is 1.96. The average Bonchev–Trinajstić information content (AvgIpc) is 2.87. The fourth-order valence-corrected chi connectivity index (χ4v) is 1.96. The number of aromatic nitrogens is 2. The number of carbonyl (C=O) groups is 2. The van der Waals surface area contributed by atoms with E-state index in [1.807, 2.05) is 0 Å². The molecule has 0 aliphatic carbocycles. The molecule has 1 aromatic heterocycles. The van der Waals surface area contributed by atoms with Crippen molar-refractivity contribution in [3.63, 3.8) is 0 Å². The minimum atomic E-state index is -0.579. The maximum absolute atomic E-state index is 12.8. The summed E-state index contributed by atoms with van der Waals surface area (Å²) in [6.45, 7) is 1.77. The van der Waals surface area contributed by atoms with Crippen molar-refractivity contribution in [3.05, 3.63) is 53.1 Å². The molecular formula is C16H18FN3O3. The summed E-state index contributed by atoms with van der Waals surface area (Å²) >= 11 is 0. The van der Waals surface area contributed by atoms with Crippen molar-refractivity contribution >= 4 is 11.9 Å². The first-order chi connectivity index (χ1) is 11.0. The van der Waals surface area contributed by atoms with Gasteiger partial charge in [0.25, 0.3) is 5.91 Å². The molecule has 23 heavy (non-hydrogen) atoms. The van der Waals surface area contributed by atoms with Gasteiger partial charge in [-0.25, -0.2) is 9.18 Å². The monoisotopic (exact) mass is 319 g/mol. The lowest BCUT2D eigenvalue weighted by Crippen LogP contribution is -2.30. The molecule has 0 radical (unpaired) electrons. The van der Waals surface area contributed by atoms with E-state index >= 15 is 0 Å². The lowest BCUT2D eigenvalue weighted by Gasteiger charge is -2.06. The summed E-state index contributed by atoms with van der Waals surface area (Å²) in [6, 6.07) is 6.06. The highest BCUT2D eigenvalue weighted by Crippen LogP contribution is 2.07. The second-order valence-electron chi connectivity index (χ2n) is 5.07. The molecule has 0 aliphatic heterocycles. The van der Waals surface area contributed by atoms with Gasteiger partial charge in [0.1, 0.15) is 11.4 Å². The van der Waals surface area contributed by atoms with Crippen LogP contribution in [0.1, 0.15) is 21.6 Å². The highest BCUT2D eigenvalue weighted by atomic mass is 19.1. The number of amides is 1. The number of hydrogen-bond acceptors (Lipinski definition) is 4. The predicted octanol–water partition coefficient (Wildman–Crippen LogP) is 1.38. The zero-order chi connectivity index (χ0) is 16.8. The van der Waals surface area contributed by atoms with Crippen LogP contribution in [0.5, 0.6) is 0 Å². The Labute approximate surface area is 133 Å². The number of esters is 1. The van der Waals surface area contributed by atoms with Crippen LogP contribution in [0.4, 0.5) is 4.39 Å². The number of halogens is 1. The van der Waals surface area contributed by atoms with Crippen LogP contribution in [-0.2, 0) is 23.0 Å². The molecule has 1 N–H and O–H groups in total. The first-order valence-corrected chi connectivity index (χ1v) is 7.14. The SMILES string of the molecule is Cc1c(C(=O)OCC(=O)NCCc2ccc(F)cc2)cnn1C. The largest absolute Gasteiger partial charge is 0.452 e. The summed E-state index contributed by atoms with van der Waals surface area (Å²) < 4.78 is 19.3. The molecule has 2 aromatic rings. The van der Waals surface area contributed by atoms with Gasteiger partial charge >= 0.3 is 5.97 Å². The van der Waals surface area contributed by atoms with Crippen LogP contribution in [-0.4, -0.2) is 34.8 Å². The second-order valence-corrected chi connectivity index (χ2v) is 5.07. The lowest BCUT2D eigenvalue weighted by molar-refractivity contribution is -0.124. The van der Waals surface area contributed by atoms with Crippen LogP contribution in [0.25, 0.3) is 0 Å². The van der Waals surface area contributed by atoms with Crippen molar-refractivity contribution < 1.29 is 18.7 Å². The third-order valence-electron chi connectivity index (χ3n) is 3.44. The minimum Gasteiger partial charge on any atom is -0.452 e. The highest BCUT2D eigenvalue weighted by molar-refractivity contribution is 5.92. The van der Waals surface area contributed by atoms with E-state index in [9.17, 15) is 14.0 Å². The summed E-state index contributed by atoms with van der Waals surface area (Å²) in [5.41, 5.74) is 1.92. The van der Waals surface area contributed by atoms with Crippen LogP contribution in [0.3, 0.4) is 0 Å². The number of benzene rings is 1. The highest BCUT2D eigenvalue weighted by Gasteiger charge is 2.15. The Kier molecular flexibility index (Phi) is 5.46. The molecule has 0 bridgehead atoms. The molecule has 0 spiro atoms. The van der Waals surface area contributed by atoms with Gasteiger partial charge in [0.15, 0.2) is 6.61 Å². The third-order valence-corrected chi connectivity index (χ3v) is 3.44. The Morgan fingerprint density at radius 2 is 2.00 bits per heavy atom. The maximum atomic E-state index is 12.8. The number of aryl methyl sites for hydroxylation is 1. The van der Waals surface area contributed by atoms with Crippen LogP contribution in [0.15, 0.2) is 30.5 Å². The van der Waals surface area contributed by atoms with Gasteiger partial charge in [-0.1, -0.05) is 12.1 Å². The van der Waals surface area contributed by atoms with E-state index in [4.69, 9.17) is 4.74 Å². The molecule has 0 atom stereocenters. The van der Waals surface area contributed by atoms with Crippen molar-refractivity contribution in [3.8, 4) is 0 Å². The second kappa shape index (κ2) is 7.53. The van der Waals surface area contributed by atoms with Gasteiger partial charge in [0, 0.05) is 19.3 Å². The van der Waals surface area contributed by atoms with Crippen molar-refractivity contribution in [2.75, 3.05) is 13.2 Å².